The lowest BCUT2D eigenvalue weighted by Crippen LogP contribution is -2.39. The second-order valence-electron chi connectivity index (χ2n) is 8.05. The molecule has 1 heterocycles. The molecule has 1 saturated heterocycles. The number of carbonyl (C=O) groups excluding carboxylic acids is 1. The van der Waals surface area contributed by atoms with E-state index >= 15 is 0 Å². The second-order valence-corrected chi connectivity index (χ2v) is 10.00. The number of amides is 1. The Hall–Kier alpha value is -2.94. The fraction of sp³-hybridized carbons (Fsp3) is 0.292. The van der Waals surface area contributed by atoms with Gasteiger partial charge in [-0.15, -0.1) is 0 Å². The molecule has 0 atom stereocenters. The summed E-state index contributed by atoms with van der Waals surface area (Å²) in [5, 5.41) is 10.6. The number of rotatable bonds is 6. The Morgan fingerprint density at radius 1 is 1.00 bits per heavy atom. The number of nitrogens with one attached hydrogen (secondary N) is 1. The van der Waals surface area contributed by atoms with Crippen molar-refractivity contribution in [2.45, 2.75) is 29.2 Å². The number of fused-ring (bicyclic) bond motifs is 1. The molecule has 2 N–H and O–H groups in total. The van der Waals surface area contributed by atoms with Gasteiger partial charge < -0.3 is 4.74 Å². The Kier molecular flexibility index (Phi) is 6.45. The number of sulfone groups is 1. The summed E-state index contributed by atoms with van der Waals surface area (Å²) in [5.41, 5.74) is 2.83. The van der Waals surface area contributed by atoms with E-state index in [1.807, 2.05) is 24.3 Å². The summed E-state index contributed by atoms with van der Waals surface area (Å²) < 4.78 is 31.3. The average Bonchev–Trinajstić information content (AvgIpc) is 2.83. The van der Waals surface area contributed by atoms with Gasteiger partial charge in [-0.25, -0.2) is 13.9 Å². The third kappa shape index (κ3) is 4.62. The fourth-order valence-electron chi connectivity index (χ4n) is 4.13. The van der Waals surface area contributed by atoms with Crippen molar-refractivity contribution in [3.63, 3.8) is 0 Å². The van der Waals surface area contributed by atoms with Crippen LogP contribution >= 0.6 is 0 Å². The molecule has 1 amide bonds. The monoisotopic (exact) mass is 454 g/mol. The number of methoxy groups -OCH3 is 1. The van der Waals surface area contributed by atoms with Crippen LogP contribution in [0, 0.1) is 5.92 Å². The molecule has 0 spiro atoms. The van der Waals surface area contributed by atoms with E-state index in [9.17, 15) is 13.2 Å². The first kappa shape index (κ1) is 22.3. The molecule has 1 fully saturated rings. The minimum absolute atomic E-state index is 0.154. The lowest BCUT2D eigenvalue weighted by Gasteiger charge is -2.30. The maximum absolute atomic E-state index is 13.1. The molecule has 1 aliphatic heterocycles. The van der Waals surface area contributed by atoms with Crippen molar-refractivity contribution in [2.75, 3.05) is 20.2 Å². The first-order valence-electron chi connectivity index (χ1n) is 10.5. The number of hydrogen-bond acceptors (Lipinski definition) is 6. The Morgan fingerprint density at radius 3 is 2.31 bits per heavy atom. The smallest absolute Gasteiger partial charge is 0.246 e. The molecule has 32 heavy (non-hydrogen) atoms. The second kappa shape index (κ2) is 9.28. The molecule has 4 rings (SSSR count). The number of hydrogen-bond donors (Lipinski definition) is 2. The molecular formula is C24H26N2O5S. The van der Waals surface area contributed by atoms with Crippen molar-refractivity contribution in [1.82, 2.24) is 10.4 Å². The average molecular weight is 455 g/mol. The van der Waals surface area contributed by atoms with E-state index in [4.69, 9.17) is 9.94 Å². The fourth-order valence-corrected chi connectivity index (χ4v) is 5.43. The number of carbonyl (C=O) groups is 1. The highest BCUT2D eigenvalue weighted by atomic mass is 32.2. The SMILES string of the molecule is COc1ccc(S(=O)(=O)c2ccc3ccc(CN4CCC(C(=O)NO)CC4)cc3c2)cc1. The summed E-state index contributed by atoms with van der Waals surface area (Å²) in [6.07, 6.45) is 1.40. The van der Waals surface area contributed by atoms with Gasteiger partial charge in [0.25, 0.3) is 0 Å². The highest BCUT2D eigenvalue weighted by Gasteiger charge is 2.24. The summed E-state index contributed by atoms with van der Waals surface area (Å²) in [7, 11) is -2.10. The predicted molar refractivity (Wildman–Crippen MR) is 120 cm³/mol. The van der Waals surface area contributed by atoms with Crippen LogP contribution in [0.25, 0.3) is 10.8 Å². The molecule has 3 aromatic carbocycles. The zero-order valence-corrected chi connectivity index (χ0v) is 18.6. The standard InChI is InChI=1S/C24H26N2O5S/c1-31-21-5-8-22(9-6-21)32(29,30)23-7-4-18-3-2-17(14-20(18)15-23)16-26-12-10-19(11-13-26)24(27)25-28/h2-9,14-15,19,28H,10-13,16H2,1H3,(H,25,27). The van der Waals surface area contributed by atoms with Crippen molar-refractivity contribution >= 4 is 26.5 Å². The number of nitrogens with zero attached hydrogens (tertiary/aromatic N) is 1. The van der Waals surface area contributed by atoms with Crippen LogP contribution in [0.4, 0.5) is 0 Å². The van der Waals surface area contributed by atoms with Crippen LogP contribution in [-0.2, 0) is 21.2 Å². The molecule has 7 nitrogen and oxygen atoms in total. The van der Waals surface area contributed by atoms with E-state index in [0.29, 0.717) is 18.6 Å². The zero-order chi connectivity index (χ0) is 22.7. The first-order valence-corrected chi connectivity index (χ1v) is 12.0. The normalized spacial score (nSPS) is 15.6. The third-order valence-corrected chi connectivity index (χ3v) is 7.80. The molecular weight excluding hydrogens is 428 g/mol. The minimum Gasteiger partial charge on any atom is -0.497 e. The lowest BCUT2D eigenvalue weighted by molar-refractivity contribution is -0.134. The molecule has 0 unspecified atom stereocenters. The van der Waals surface area contributed by atoms with Crippen LogP contribution in [0.1, 0.15) is 18.4 Å². The number of ether oxygens (including phenoxy) is 1. The maximum atomic E-state index is 13.1. The Balaban J connectivity index is 1.53. The first-order chi connectivity index (χ1) is 15.4. The van der Waals surface area contributed by atoms with Gasteiger partial charge in [-0.05, 0) is 84.7 Å². The van der Waals surface area contributed by atoms with Crippen molar-refractivity contribution < 1.29 is 23.2 Å². The van der Waals surface area contributed by atoms with Gasteiger partial charge in [0.15, 0.2) is 0 Å². The topological polar surface area (TPSA) is 95.9 Å². The van der Waals surface area contributed by atoms with Gasteiger partial charge in [0.05, 0.1) is 16.9 Å². The Morgan fingerprint density at radius 2 is 1.66 bits per heavy atom. The number of piperidine rings is 1. The summed E-state index contributed by atoms with van der Waals surface area (Å²) in [5.74, 6) is 0.132. The molecule has 8 heteroatoms. The van der Waals surface area contributed by atoms with Crippen LogP contribution in [-0.4, -0.2) is 44.6 Å². The molecule has 3 aromatic rings. The van der Waals surface area contributed by atoms with Crippen LogP contribution in [0.15, 0.2) is 70.5 Å². The van der Waals surface area contributed by atoms with Crippen LogP contribution < -0.4 is 10.2 Å². The molecule has 0 aliphatic carbocycles. The predicted octanol–water partition coefficient (Wildman–Crippen LogP) is 3.40. The largest absolute Gasteiger partial charge is 0.497 e. The van der Waals surface area contributed by atoms with Gasteiger partial charge in [0.2, 0.25) is 15.7 Å². The summed E-state index contributed by atoms with van der Waals surface area (Å²) in [6, 6.07) is 17.6. The van der Waals surface area contributed by atoms with Crippen LogP contribution in [0.2, 0.25) is 0 Å². The molecule has 1 aliphatic rings. The third-order valence-electron chi connectivity index (χ3n) is 6.03. The van der Waals surface area contributed by atoms with E-state index in [1.165, 1.54) is 0 Å². The van der Waals surface area contributed by atoms with Gasteiger partial charge in [-0.3, -0.25) is 14.9 Å². The van der Waals surface area contributed by atoms with Crippen LogP contribution in [0.3, 0.4) is 0 Å². The highest BCUT2D eigenvalue weighted by molar-refractivity contribution is 7.91. The summed E-state index contributed by atoms with van der Waals surface area (Å²) in [6.45, 7) is 2.25. The van der Waals surface area contributed by atoms with E-state index in [-0.39, 0.29) is 21.6 Å². The number of hydroxylamine groups is 1. The zero-order valence-electron chi connectivity index (χ0n) is 17.8. The van der Waals surface area contributed by atoms with Crippen molar-refractivity contribution in [2.24, 2.45) is 5.92 Å². The van der Waals surface area contributed by atoms with Crippen molar-refractivity contribution in [3.8, 4) is 5.75 Å². The Bertz CT molecular complexity index is 1220. The van der Waals surface area contributed by atoms with Gasteiger partial charge in [0.1, 0.15) is 5.75 Å². The summed E-state index contributed by atoms with van der Waals surface area (Å²) in [4.78, 5) is 14.3. The molecule has 0 saturated carbocycles. The van der Waals surface area contributed by atoms with Gasteiger partial charge in [-0.2, -0.15) is 0 Å². The maximum Gasteiger partial charge on any atom is 0.246 e. The quantitative estimate of drug-likeness (QED) is 0.438. The van der Waals surface area contributed by atoms with Crippen molar-refractivity contribution in [1.29, 1.82) is 0 Å². The van der Waals surface area contributed by atoms with Gasteiger partial charge in [0, 0.05) is 12.5 Å². The minimum atomic E-state index is -3.64. The molecule has 0 radical (unpaired) electrons. The van der Waals surface area contributed by atoms with Gasteiger partial charge >= 0.3 is 0 Å². The van der Waals surface area contributed by atoms with Crippen LogP contribution in [0.5, 0.6) is 5.75 Å². The lowest BCUT2D eigenvalue weighted by atomic mass is 9.96. The van der Waals surface area contributed by atoms with E-state index in [2.05, 4.69) is 4.90 Å². The van der Waals surface area contributed by atoms with E-state index < -0.39 is 9.84 Å². The molecule has 0 aromatic heterocycles. The summed E-state index contributed by atoms with van der Waals surface area (Å²) >= 11 is 0. The molecule has 168 valence electrons. The van der Waals surface area contributed by atoms with E-state index in [0.717, 1.165) is 36.0 Å². The molecule has 0 bridgehead atoms. The van der Waals surface area contributed by atoms with Gasteiger partial charge in [-0.1, -0.05) is 18.2 Å². The van der Waals surface area contributed by atoms with Crippen molar-refractivity contribution in [3.05, 3.63) is 66.2 Å². The van der Waals surface area contributed by atoms with E-state index in [1.54, 1.807) is 49.0 Å². The number of likely N-dealkylation sites (tertiary alicyclic amines) is 1. The Labute approximate surface area is 187 Å². The highest BCUT2D eigenvalue weighted by Crippen LogP contribution is 2.27. The number of benzene rings is 3.